The summed E-state index contributed by atoms with van der Waals surface area (Å²) in [5, 5.41) is 2.57. The molecule has 2 rings (SSSR count). The zero-order valence-corrected chi connectivity index (χ0v) is 11.5. The molecule has 6 nitrogen and oxygen atoms in total. The second-order valence-electron chi connectivity index (χ2n) is 3.97. The number of carbonyl (C=O) groups excluding carboxylic acids is 1. The molecule has 21 heavy (non-hydrogen) atoms. The number of nitrogens with zero attached hydrogens (tertiary/aromatic N) is 2. The number of aromatic nitrogens is 2. The molecular formula is C11H10F3N5OS. The van der Waals surface area contributed by atoms with Crippen molar-refractivity contribution in [1.29, 1.82) is 0 Å². The van der Waals surface area contributed by atoms with Crippen molar-refractivity contribution in [1.82, 2.24) is 9.36 Å². The van der Waals surface area contributed by atoms with E-state index in [0.717, 1.165) is 23.7 Å². The third-order valence-corrected chi connectivity index (χ3v) is 3.23. The van der Waals surface area contributed by atoms with Crippen LogP contribution in [0, 0.1) is 6.92 Å². The highest BCUT2D eigenvalue weighted by Gasteiger charge is 2.35. The molecule has 112 valence electrons. The lowest BCUT2D eigenvalue weighted by atomic mass is 10.1. The fourth-order valence-electron chi connectivity index (χ4n) is 1.65. The predicted octanol–water partition coefficient (Wildman–Crippen LogP) is 2.40. The number of anilines is 2. The van der Waals surface area contributed by atoms with Crippen LogP contribution in [-0.2, 0) is 6.18 Å². The molecule has 10 heteroatoms. The Kier molecular flexibility index (Phi) is 4.09. The quantitative estimate of drug-likeness (QED) is 0.597. The first kappa shape index (κ1) is 15.2. The molecule has 0 bridgehead atoms. The predicted molar refractivity (Wildman–Crippen MR) is 71.9 cm³/mol. The monoisotopic (exact) mass is 317 g/mol. The number of nitrogens with one attached hydrogen (secondary N) is 2. The lowest BCUT2D eigenvalue weighted by molar-refractivity contribution is -0.137. The van der Waals surface area contributed by atoms with Crippen molar-refractivity contribution in [2.75, 3.05) is 10.7 Å². The van der Waals surface area contributed by atoms with Crippen LogP contribution in [0.3, 0.4) is 0 Å². The van der Waals surface area contributed by atoms with E-state index in [4.69, 9.17) is 5.84 Å². The fourth-order valence-corrected chi connectivity index (χ4v) is 2.22. The van der Waals surface area contributed by atoms with Crippen LogP contribution in [0.2, 0.25) is 0 Å². The first-order chi connectivity index (χ1) is 9.82. The Morgan fingerprint density at radius 1 is 1.38 bits per heavy atom. The number of nitrogen functional groups attached to an aromatic ring is 1. The Hall–Kier alpha value is -2.20. The summed E-state index contributed by atoms with van der Waals surface area (Å²) in [6, 6.07) is 3.19. The molecule has 0 fully saturated rings. The highest BCUT2D eigenvalue weighted by molar-refractivity contribution is 7.09. The minimum absolute atomic E-state index is 0.192. The molecule has 1 aromatic carbocycles. The van der Waals surface area contributed by atoms with Gasteiger partial charge in [-0.05, 0) is 19.1 Å². The number of rotatable bonds is 3. The lowest BCUT2D eigenvalue weighted by Crippen LogP contribution is -2.21. The molecule has 0 atom stereocenters. The third-order valence-electron chi connectivity index (χ3n) is 2.51. The van der Waals surface area contributed by atoms with Crippen LogP contribution in [0.15, 0.2) is 18.2 Å². The van der Waals surface area contributed by atoms with Crippen LogP contribution in [0.4, 0.5) is 24.0 Å². The number of hydrogen-bond acceptors (Lipinski definition) is 6. The second kappa shape index (κ2) is 5.66. The van der Waals surface area contributed by atoms with Crippen molar-refractivity contribution in [3.8, 4) is 0 Å². The van der Waals surface area contributed by atoms with Gasteiger partial charge in [0.25, 0.3) is 5.91 Å². The summed E-state index contributed by atoms with van der Waals surface area (Å²) in [4.78, 5) is 16.0. The summed E-state index contributed by atoms with van der Waals surface area (Å²) in [6.07, 6.45) is -4.63. The number of hydrogen-bond donors (Lipinski definition) is 3. The average Bonchev–Trinajstić information content (AvgIpc) is 2.82. The van der Waals surface area contributed by atoms with Gasteiger partial charge in [-0.15, -0.1) is 0 Å². The Morgan fingerprint density at radius 2 is 2.10 bits per heavy atom. The van der Waals surface area contributed by atoms with Crippen LogP contribution in [-0.4, -0.2) is 15.3 Å². The highest BCUT2D eigenvalue weighted by atomic mass is 32.1. The van der Waals surface area contributed by atoms with Crippen LogP contribution >= 0.6 is 11.5 Å². The number of aryl methyl sites for hydroxylation is 1. The van der Waals surface area contributed by atoms with Gasteiger partial charge in [-0.3, -0.25) is 16.0 Å². The van der Waals surface area contributed by atoms with Gasteiger partial charge in [-0.25, -0.2) is 4.98 Å². The maximum absolute atomic E-state index is 12.9. The van der Waals surface area contributed by atoms with Gasteiger partial charge in [0, 0.05) is 11.5 Å². The van der Waals surface area contributed by atoms with E-state index in [1.165, 1.54) is 6.07 Å². The van der Waals surface area contributed by atoms with Crippen molar-refractivity contribution >= 4 is 28.3 Å². The number of para-hydroxylation sites is 1. The Balaban J connectivity index is 2.37. The van der Waals surface area contributed by atoms with E-state index in [1.807, 2.05) is 5.43 Å². The van der Waals surface area contributed by atoms with Crippen LogP contribution in [0.25, 0.3) is 0 Å². The van der Waals surface area contributed by atoms with Gasteiger partial charge in [0.05, 0.1) is 16.8 Å². The smallest absolute Gasteiger partial charge is 0.323 e. The van der Waals surface area contributed by atoms with Gasteiger partial charge >= 0.3 is 6.18 Å². The molecule has 0 aliphatic heterocycles. The van der Waals surface area contributed by atoms with Gasteiger partial charge in [-0.1, -0.05) is 6.07 Å². The van der Waals surface area contributed by atoms with Crippen molar-refractivity contribution in [2.24, 2.45) is 5.84 Å². The molecule has 0 spiro atoms. The molecule has 2 aromatic rings. The Labute approximate surface area is 121 Å². The molecule has 4 N–H and O–H groups in total. The SMILES string of the molecule is Cc1nsc(NC(=O)c2cccc(C(F)(F)F)c2NN)n1. The van der Waals surface area contributed by atoms with Crippen molar-refractivity contribution in [2.45, 2.75) is 13.1 Å². The summed E-state index contributed by atoms with van der Waals surface area (Å²) >= 11 is 0.929. The maximum Gasteiger partial charge on any atom is 0.418 e. The molecule has 0 unspecified atom stereocenters. The summed E-state index contributed by atoms with van der Waals surface area (Å²) in [5.41, 5.74) is 0.175. The van der Waals surface area contributed by atoms with E-state index >= 15 is 0 Å². The number of alkyl halides is 3. The summed E-state index contributed by atoms with van der Waals surface area (Å²) in [5.74, 6) is 4.82. The van der Waals surface area contributed by atoms with Crippen molar-refractivity contribution in [3.63, 3.8) is 0 Å². The molecule has 1 amide bonds. The number of benzene rings is 1. The van der Waals surface area contributed by atoms with Crippen molar-refractivity contribution < 1.29 is 18.0 Å². The molecule has 0 aliphatic rings. The van der Waals surface area contributed by atoms with E-state index in [9.17, 15) is 18.0 Å². The number of amides is 1. The average molecular weight is 317 g/mol. The summed E-state index contributed by atoms with van der Waals surface area (Å²) in [7, 11) is 0. The number of carbonyl (C=O) groups is 1. The van der Waals surface area contributed by atoms with Gasteiger partial charge in [0.2, 0.25) is 5.13 Å². The van der Waals surface area contributed by atoms with Gasteiger partial charge in [-0.2, -0.15) is 17.5 Å². The van der Waals surface area contributed by atoms with Crippen LogP contribution < -0.4 is 16.6 Å². The van der Waals surface area contributed by atoms with Gasteiger partial charge < -0.3 is 5.43 Å². The third kappa shape index (κ3) is 3.28. The first-order valence-electron chi connectivity index (χ1n) is 5.61. The molecule has 0 radical (unpaired) electrons. The standard InChI is InChI=1S/C11H10F3N5OS/c1-5-16-10(21-19-5)17-9(20)6-3-2-4-7(8(6)18-15)11(12,13)14/h2-4,18H,15H2,1H3,(H,16,17,19,20). The lowest BCUT2D eigenvalue weighted by Gasteiger charge is -2.15. The molecule has 0 aliphatic carbocycles. The van der Waals surface area contributed by atoms with Crippen LogP contribution in [0.1, 0.15) is 21.7 Å². The van der Waals surface area contributed by atoms with E-state index in [-0.39, 0.29) is 10.7 Å². The fraction of sp³-hybridized carbons (Fsp3) is 0.182. The minimum atomic E-state index is -4.63. The maximum atomic E-state index is 12.9. The van der Waals surface area contributed by atoms with E-state index < -0.39 is 23.3 Å². The number of hydrazine groups is 1. The first-order valence-corrected chi connectivity index (χ1v) is 6.38. The second-order valence-corrected chi connectivity index (χ2v) is 4.72. The number of halogens is 3. The summed E-state index contributed by atoms with van der Waals surface area (Å²) < 4.78 is 42.4. The molecule has 1 aromatic heterocycles. The van der Waals surface area contributed by atoms with E-state index in [0.29, 0.717) is 5.82 Å². The molecule has 0 saturated heterocycles. The van der Waals surface area contributed by atoms with Gasteiger partial charge in [0.15, 0.2) is 0 Å². The minimum Gasteiger partial charge on any atom is -0.323 e. The zero-order valence-electron chi connectivity index (χ0n) is 10.7. The van der Waals surface area contributed by atoms with E-state index in [1.54, 1.807) is 6.92 Å². The topological polar surface area (TPSA) is 92.9 Å². The van der Waals surface area contributed by atoms with Gasteiger partial charge in [0.1, 0.15) is 5.82 Å². The van der Waals surface area contributed by atoms with Crippen molar-refractivity contribution in [3.05, 3.63) is 35.2 Å². The largest absolute Gasteiger partial charge is 0.418 e. The highest BCUT2D eigenvalue weighted by Crippen LogP contribution is 2.36. The number of nitrogens with two attached hydrogens (primary N) is 1. The Morgan fingerprint density at radius 3 is 2.62 bits per heavy atom. The normalized spacial score (nSPS) is 11.3. The Bertz CT molecular complexity index is 670. The van der Waals surface area contributed by atoms with E-state index in [2.05, 4.69) is 14.7 Å². The molecule has 0 saturated carbocycles. The molecular weight excluding hydrogens is 307 g/mol. The summed E-state index contributed by atoms with van der Waals surface area (Å²) in [6.45, 7) is 1.63. The van der Waals surface area contributed by atoms with Crippen LogP contribution in [0.5, 0.6) is 0 Å². The zero-order chi connectivity index (χ0) is 15.6. The molecule has 1 heterocycles.